The smallest absolute Gasteiger partial charge is 0.0524 e. The monoisotopic (exact) mass is 144 g/mol. The number of aromatic nitrogens is 1. The molecule has 0 aliphatic heterocycles. The van der Waals surface area contributed by atoms with Crippen molar-refractivity contribution < 1.29 is 0 Å². The summed E-state index contributed by atoms with van der Waals surface area (Å²) in [5.41, 5.74) is 1.05. The summed E-state index contributed by atoms with van der Waals surface area (Å²) in [5.74, 6) is 0. The fourth-order valence-electron chi connectivity index (χ4n) is 0.511. The third-order valence-corrected chi connectivity index (χ3v) is 0.950. The molecule has 50 valence electrons. The van der Waals surface area contributed by atoms with Crippen molar-refractivity contribution in [2.24, 2.45) is 0 Å². The molecule has 1 aromatic heterocycles. The lowest BCUT2D eigenvalue weighted by atomic mass is 10.4. The first-order chi connectivity index (χ1) is 3.93. The normalized spacial score (nSPS) is 7.67. The Morgan fingerprint density at radius 1 is 1.56 bits per heavy atom. The largest absolute Gasteiger partial charge is 0.387 e. The Morgan fingerprint density at radius 2 is 2.33 bits per heavy atom. The van der Waals surface area contributed by atoms with Crippen molar-refractivity contribution in [3.63, 3.8) is 0 Å². The predicted octanol–water partition coefficient (Wildman–Crippen LogP) is 1.55. The fraction of sp³-hybridized carbons (Fsp3) is 0.167. The molecule has 0 fully saturated rings. The maximum absolute atomic E-state index is 3.89. The summed E-state index contributed by atoms with van der Waals surface area (Å²) >= 11 is 0. The highest BCUT2D eigenvalue weighted by atomic mass is 35.5. The lowest BCUT2D eigenvalue weighted by Crippen LogP contribution is -1.86. The van der Waals surface area contributed by atoms with Crippen LogP contribution in [0.15, 0.2) is 24.5 Å². The van der Waals surface area contributed by atoms with Crippen LogP contribution in [0.1, 0.15) is 0 Å². The van der Waals surface area contributed by atoms with E-state index in [1.807, 2.05) is 19.2 Å². The van der Waals surface area contributed by atoms with Gasteiger partial charge in [0.05, 0.1) is 5.69 Å². The summed E-state index contributed by atoms with van der Waals surface area (Å²) in [7, 11) is 1.87. The van der Waals surface area contributed by atoms with E-state index in [0.717, 1.165) is 5.69 Å². The molecule has 0 aromatic carbocycles. The van der Waals surface area contributed by atoms with E-state index in [4.69, 9.17) is 0 Å². The van der Waals surface area contributed by atoms with Gasteiger partial charge in [-0.1, -0.05) is 0 Å². The van der Waals surface area contributed by atoms with Crippen molar-refractivity contribution in [2.75, 3.05) is 12.4 Å². The molecule has 0 aliphatic carbocycles. The van der Waals surface area contributed by atoms with Crippen LogP contribution in [0.25, 0.3) is 0 Å². The second-order valence-electron chi connectivity index (χ2n) is 1.49. The van der Waals surface area contributed by atoms with Gasteiger partial charge in [0.2, 0.25) is 0 Å². The van der Waals surface area contributed by atoms with Crippen molar-refractivity contribution in [1.29, 1.82) is 0 Å². The van der Waals surface area contributed by atoms with Gasteiger partial charge in [0.1, 0.15) is 0 Å². The molecule has 0 radical (unpaired) electrons. The van der Waals surface area contributed by atoms with Gasteiger partial charge >= 0.3 is 0 Å². The Balaban J connectivity index is 0.000000640. The molecule has 0 bridgehead atoms. The molecular formula is C6H9ClN2. The number of nitrogens with one attached hydrogen (secondary N) is 1. The second kappa shape index (κ2) is 4.15. The Hall–Kier alpha value is -0.760. The zero-order valence-electron chi connectivity index (χ0n) is 5.16. The van der Waals surface area contributed by atoms with Crippen LogP contribution in [0.3, 0.4) is 0 Å². The van der Waals surface area contributed by atoms with Crippen molar-refractivity contribution in [3.05, 3.63) is 24.5 Å². The number of hydrogen-bond donors (Lipinski definition) is 1. The predicted molar refractivity (Wildman–Crippen MR) is 41.0 cm³/mol. The number of pyridine rings is 1. The Morgan fingerprint density at radius 3 is 2.67 bits per heavy atom. The fourth-order valence-corrected chi connectivity index (χ4v) is 0.511. The molecule has 9 heavy (non-hydrogen) atoms. The maximum Gasteiger partial charge on any atom is 0.0524 e. The highest BCUT2D eigenvalue weighted by molar-refractivity contribution is 5.85. The average Bonchev–Trinajstić information content (AvgIpc) is 1.90. The highest BCUT2D eigenvalue weighted by Gasteiger charge is 1.79. The van der Waals surface area contributed by atoms with E-state index in [2.05, 4.69) is 10.3 Å². The van der Waals surface area contributed by atoms with Gasteiger partial charge in [-0.25, -0.2) is 0 Å². The van der Waals surface area contributed by atoms with E-state index in [1.165, 1.54) is 0 Å². The Labute approximate surface area is 60.7 Å². The van der Waals surface area contributed by atoms with Crippen LogP contribution >= 0.6 is 12.4 Å². The van der Waals surface area contributed by atoms with Gasteiger partial charge < -0.3 is 5.32 Å². The summed E-state index contributed by atoms with van der Waals surface area (Å²) in [6, 6.07) is 3.86. The topological polar surface area (TPSA) is 24.9 Å². The number of anilines is 1. The standard InChI is InChI=1S/C6H8N2.ClH/c1-7-6-3-2-4-8-5-6;/h2-5,7H,1H3;1H. The molecule has 1 rings (SSSR count). The number of hydrogen-bond acceptors (Lipinski definition) is 2. The van der Waals surface area contributed by atoms with Gasteiger partial charge in [-0.05, 0) is 12.1 Å². The first-order valence-electron chi connectivity index (χ1n) is 2.51. The van der Waals surface area contributed by atoms with E-state index >= 15 is 0 Å². The van der Waals surface area contributed by atoms with E-state index in [1.54, 1.807) is 12.4 Å². The summed E-state index contributed by atoms with van der Waals surface area (Å²) in [6.07, 6.45) is 3.53. The number of rotatable bonds is 1. The molecule has 0 spiro atoms. The van der Waals surface area contributed by atoms with Crippen LogP contribution < -0.4 is 5.32 Å². The molecule has 0 amide bonds. The molecule has 0 unspecified atom stereocenters. The van der Waals surface area contributed by atoms with Crippen molar-refractivity contribution in [2.45, 2.75) is 0 Å². The number of nitrogens with zero attached hydrogens (tertiary/aromatic N) is 1. The minimum atomic E-state index is 0. The van der Waals surface area contributed by atoms with Gasteiger partial charge in [-0.15, -0.1) is 12.4 Å². The van der Waals surface area contributed by atoms with Crippen molar-refractivity contribution >= 4 is 18.1 Å². The van der Waals surface area contributed by atoms with Gasteiger partial charge in [0.15, 0.2) is 0 Å². The van der Waals surface area contributed by atoms with Gasteiger partial charge in [0, 0.05) is 19.4 Å². The molecule has 0 saturated heterocycles. The average molecular weight is 145 g/mol. The first-order valence-corrected chi connectivity index (χ1v) is 2.51. The minimum Gasteiger partial charge on any atom is -0.387 e. The van der Waals surface area contributed by atoms with Gasteiger partial charge in [-0.2, -0.15) is 0 Å². The third-order valence-electron chi connectivity index (χ3n) is 0.950. The summed E-state index contributed by atoms with van der Waals surface area (Å²) in [5, 5.41) is 2.96. The SMILES string of the molecule is CNc1cccnc1.Cl. The summed E-state index contributed by atoms with van der Waals surface area (Å²) in [4.78, 5) is 3.89. The van der Waals surface area contributed by atoms with E-state index in [9.17, 15) is 0 Å². The Bertz CT molecular complexity index is 152. The maximum atomic E-state index is 3.89. The van der Waals surface area contributed by atoms with Crippen LogP contribution in [-0.4, -0.2) is 12.0 Å². The highest BCUT2D eigenvalue weighted by Crippen LogP contribution is 1.98. The zero-order valence-corrected chi connectivity index (χ0v) is 5.98. The van der Waals surface area contributed by atoms with Crippen molar-refractivity contribution in [1.82, 2.24) is 4.98 Å². The van der Waals surface area contributed by atoms with E-state index < -0.39 is 0 Å². The van der Waals surface area contributed by atoms with Crippen LogP contribution in [0.5, 0.6) is 0 Å². The summed E-state index contributed by atoms with van der Waals surface area (Å²) in [6.45, 7) is 0. The molecule has 0 atom stereocenters. The molecular weight excluding hydrogens is 136 g/mol. The molecule has 1 N–H and O–H groups in total. The minimum absolute atomic E-state index is 0. The molecule has 1 aromatic rings. The molecule has 1 heterocycles. The van der Waals surface area contributed by atoms with Crippen LogP contribution in [0.2, 0.25) is 0 Å². The van der Waals surface area contributed by atoms with Crippen LogP contribution in [0.4, 0.5) is 5.69 Å². The van der Waals surface area contributed by atoms with E-state index in [0.29, 0.717) is 0 Å². The molecule has 3 heteroatoms. The lowest BCUT2D eigenvalue weighted by Gasteiger charge is -1.93. The third kappa shape index (κ3) is 2.33. The second-order valence-corrected chi connectivity index (χ2v) is 1.49. The first kappa shape index (κ1) is 8.24. The zero-order chi connectivity index (χ0) is 5.82. The van der Waals surface area contributed by atoms with Crippen LogP contribution in [0, 0.1) is 0 Å². The molecule has 0 aliphatic rings. The van der Waals surface area contributed by atoms with Crippen LogP contribution in [-0.2, 0) is 0 Å². The van der Waals surface area contributed by atoms with E-state index in [-0.39, 0.29) is 12.4 Å². The number of halogens is 1. The molecule has 0 saturated carbocycles. The lowest BCUT2D eigenvalue weighted by molar-refractivity contribution is 1.31. The molecule has 2 nitrogen and oxygen atoms in total. The quantitative estimate of drug-likeness (QED) is 0.647. The Kier molecular flexibility index (Phi) is 3.80. The van der Waals surface area contributed by atoms with Crippen molar-refractivity contribution in [3.8, 4) is 0 Å². The van der Waals surface area contributed by atoms with Gasteiger partial charge in [-0.3, -0.25) is 4.98 Å². The summed E-state index contributed by atoms with van der Waals surface area (Å²) < 4.78 is 0. The van der Waals surface area contributed by atoms with Gasteiger partial charge in [0.25, 0.3) is 0 Å².